The van der Waals surface area contributed by atoms with Crippen molar-refractivity contribution in [2.24, 2.45) is 18.7 Å². The van der Waals surface area contributed by atoms with Crippen LogP contribution < -0.4 is 10.6 Å². The van der Waals surface area contributed by atoms with E-state index in [0.29, 0.717) is 17.0 Å². The number of fused-ring (bicyclic) bond motifs is 1. The lowest BCUT2D eigenvalue weighted by molar-refractivity contribution is 0.1000. The van der Waals surface area contributed by atoms with Gasteiger partial charge in [-0.1, -0.05) is 0 Å². The maximum atomic E-state index is 13.5. The first-order valence-electron chi connectivity index (χ1n) is 10.5. The van der Waals surface area contributed by atoms with Crippen LogP contribution in [0.3, 0.4) is 0 Å². The number of aromatic nitrogens is 4. The van der Waals surface area contributed by atoms with Crippen molar-refractivity contribution in [3.63, 3.8) is 0 Å². The van der Waals surface area contributed by atoms with E-state index < -0.39 is 12.6 Å². The molecule has 0 unspecified atom stereocenters. The highest BCUT2D eigenvalue weighted by Crippen LogP contribution is 2.37. The quantitative estimate of drug-likeness (QED) is 0.476. The van der Waals surface area contributed by atoms with Crippen LogP contribution in [-0.2, 0) is 13.7 Å². The predicted octanol–water partition coefficient (Wildman–Crippen LogP) is 4.15. The average molecular weight is 430 g/mol. The lowest BCUT2D eigenvalue weighted by Gasteiger charge is -2.26. The van der Waals surface area contributed by atoms with E-state index in [2.05, 4.69) is 15.0 Å². The van der Waals surface area contributed by atoms with Gasteiger partial charge in [-0.15, -0.1) is 0 Å². The Bertz CT molecular complexity index is 1310. The normalized spacial score (nSPS) is 13.4. The summed E-state index contributed by atoms with van der Waals surface area (Å²) in [6, 6.07) is 10.9. The van der Waals surface area contributed by atoms with Crippen molar-refractivity contribution in [3.05, 3.63) is 66.1 Å². The molecule has 0 atom stereocenters. The molecule has 2 aromatic carbocycles. The third kappa shape index (κ3) is 4.03. The molecule has 8 heteroatoms. The molecule has 7 nitrogen and oxygen atoms in total. The Balaban J connectivity index is 1.59. The topological polar surface area (TPSA) is 89.9 Å². The van der Waals surface area contributed by atoms with Crippen molar-refractivity contribution in [1.82, 2.24) is 19.7 Å². The van der Waals surface area contributed by atoms with Crippen LogP contribution >= 0.6 is 0 Å². The van der Waals surface area contributed by atoms with Crippen LogP contribution in [0.15, 0.2) is 55.0 Å². The van der Waals surface area contributed by atoms with Gasteiger partial charge in [-0.2, -0.15) is 5.10 Å². The maximum Gasteiger partial charge on any atom is 0.248 e. The fourth-order valence-corrected chi connectivity index (χ4v) is 3.83. The minimum atomic E-state index is -0.664. The largest absolute Gasteiger partial charge is 0.366 e. The van der Waals surface area contributed by atoms with Crippen LogP contribution in [0.2, 0.25) is 0 Å². The highest BCUT2D eigenvalue weighted by Gasteiger charge is 2.26. The van der Waals surface area contributed by atoms with E-state index in [4.69, 9.17) is 10.7 Å². The summed E-state index contributed by atoms with van der Waals surface area (Å²) in [5, 5.41) is 4.21. The maximum absolute atomic E-state index is 13.5. The van der Waals surface area contributed by atoms with Crippen molar-refractivity contribution in [2.75, 3.05) is 11.4 Å². The number of carbonyl (C=O) groups is 1. The van der Waals surface area contributed by atoms with Crippen LogP contribution in [-0.4, -0.2) is 32.2 Å². The Morgan fingerprint density at radius 3 is 2.69 bits per heavy atom. The first-order valence-corrected chi connectivity index (χ1v) is 10.5. The fourth-order valence-electron chi connectivity index (χ4n) is 3.83. The number of hydrogen-bond acceptors (Lipinski definition) is 5. The Morgan fingerprint density at radius 1 is 1.16 bits per heavy atom. The van der Waals surface area contributed by atoms with Crippen molar-refractivity contribution in [3.8, 4) is 11.3 Å². The Hall–Kier alpha value is -3.81. The zero-order chi connectivity index (χ0) is 22.2. The molecule has 1 aliphatic carbocycles. The van der Waals surface area contributed by atoms with Gasteiger partial charge in [-0.3, -0.25) is 14.5 Å². The average Bonchev–Trinajstić information content (AvgIpc) is 3.53. The van der Waals surface area contributed by atoms with Gasteiger partial charge in [0.15, 0.2) is 0 Å². The molecule has 0 bridgehead atoms. The molecule has 0 spiro atoms. The van der Waals surface area contributed by atoms with Gasteiger partial charge in [-0.25, -0.2) is 9.37 Å². The second kappa shape index (κ2) is 8.03. The number of aryl methyl sites for hydroxylation is 1. The van der Waals surface area contributed by atoms with Gasteiger partial charge >= 0.3 is 0 Å². The van der Waals surface area contributed by atoms with E-state index in [1.807, 2.05) is 31.4 Å². The smallest absolute Gasteiger partial charge is 0.248 e. The molecule has 1 fully saturated rings. The number of anilines is 2. The molecule has 1 aliphatic rings. The zero-order valence-electron chi connectivity index (χ0n) is 17.7. The van der Waals surface area contributed by atoms with Gasteiger partial charge in [0.25, 0.3) is 0 Å². The molecular weight excluding hydrogens is 407 g/mol. The van der Waals surface area contributed by atoms with Crippen LogP contribution in [0.4, 0.5) is 15.8 Å². The van der Waals surface area contributed by atoms with E-state index in [1.165, 1.54) is 6.07 Å². The molecule has 2 heterocycles. The summed E-state index contributed by atoms with van der Waals surface area (Å²) in [6.45, 7) is 0.109. The second-order valence-electron chi connectivity index (χ2n) is 8.27. The third-order valence-electron chi connectivity index (χ3n) is 5.70. The van der Waals surface area contributed by atoms with E-state index >= 15 is 0 Å². The third-order valence-corrected chi connectivity index (χ3v) is 5.70. The molecule has 0 aliphatic heterocycles. The first kappa shape index (κ1) is 20.1. The van der Waals surface area contributed by atoms with Gasteiger partial charge in [0.2, 0.25) is 5.91 Å². The van der Waals surface area contributed by atoms with Gasteiger partial charge in [-0.05, 0) is 60.7 Å². The number of halogens is 1. The summed E-state index contributed by atoms with van der Waals surface area (Å²) >= 11 is 0. The number of primary amides is 1. The van der Waals surface area contributed by atoms with Crippen LogP contribution in [0, 0.1) is 5.92 Å². The highest BCUT2D eigenvalue weighted by atomic mass is 19.1. The van der Waals surface area contributed by atoms with E-state index in [-0.39, 0.29) is 0 Å². The van der Waals surface area contributed by atoms with Gasteiger partial charge in [0, 0.05) is 42.3 Å². The molecule has 0 saturated heterocycles. The molecule has 1 amide bonds. The minimum Gasteiger partial charge on any atom is -0.366 e. The second-order valence-corrected chi connectivity index (χ2v) is 8.27. The summed E-state index contributed by atoms with van der Waals surface area (Å²) in [4.78, 5) is 23.3. The van der Waals surface area contributed by atoms with Crippen LogP contribution in [0.5, 0.6) is 0 Å². The van der Waals surface area contributed by atoms with Crippen LogP contribution in [0.25, 0.3) is 22.3 Å². The number of nitrogens with two attached hydrogens (primary N) is 1. The summed E-state index contributed by atoms with van der Waals surface area (Å²) < 4.78 is 15.2. The fraction of sp³-hybridized carbons (Fsp3) is 0.250. The number of nitrogens with zero attached hydrogens (tertiary/aromatic N) is 5. The first-order chi connectivity index (χ1) is 15.5. The van der Waals surface area contributed by atoms with Crippen LogP contribution in [0.1, 0.15) is 28.8 Å². The molecule has 1 saturated carbocycles. The highest BCUT2D eigenvalue weighted by molar-refractivity contribution is 5.94. The van der Waals surface area contributed by atoms with Gasteiger partial charge in [0.05, 0.1) is 29.1 Å². The van der Waals surface area contributed by atoms with Gasteiger partial charge in [0.1, 0.15) is 6.67 Å². The molecule has 0 radical (unpaired) electrons. The summed E-state index contributed by atoms with van der Waals surface area (Å²) in [7, 11) is 1.86. The molecule has 162 valence electrons. The lowest BCUT2D eigenvalue weighted by Crippen LogP contribution is -2.21. The van der Waals surface area contributed by atoms with Gasteiger partial charge < -0.3 is 10.6 Å². The number of carbonyl (C=O) groups excluding carboxylic acids is 1. The minimum absolute atomic E-state index is 0.301. The Morgan fingerprint density at radius 2 is 2.00 bits per heavy atom. The summed E-state index contributed by atoms with van der Waals surface area (Å²) in [6.07, 6.45) is 7.70. The molecule has 5 rings (SSSR count). The summed E-state index contributed by atoms with van der Waals surface area (Å²) in [5.41, 5.74) is 11.1. The van der Waals surface area contributed by atoms with E-state index in [1.54, 1.807) is 29.2 Å². The molecule has 2 aromatic heterocycles. The van der Waals surface area contributed by atoms with Crippen molar-refractivity contribution in [1.29, 1.82) is 0 Å². The Kier molecular flexibility index (Phi) is 5.05. The molecular formula is C24H23FN6O. The predicted molar refractivity (Wildman–Crippen MR) is 121 cm³/mol. The summed E-state index contributed by atoms with van der Waals surface area (Å²) in [5.74, 6) is -0.0111. The van der Waals surface area contributed by atoms with E-state index in [0.717, 1.165) is 53.1 Å². The lowest BCUT2D eigenvalue weighted by atomic mass is 10.1. The van der Waals surface area contributed by atoms with E-state index in [9.17, 15) is 9.18 Å². The number of benzene rings is 2. The number of alkyl halides is 1. The Labute approximate surface area is 184 Å². The van der Waals surface area contributed by atoms with Crippen molar-refractivity contribution >= 4 is 28.3 Å². The molecule has 32 heavy (non-hydrogen) atoms. The number of hydrogen-bond donors (Lipinski definition) is 1. The monoisotopic (exact) mass is 430 g/mol. The standard InChI is InChI=1S/C24H23FN6O/c1-30-14-18(11-28-30)23-12-27-21-5-4-19(9-22(21)29-23)31(13-15-2-3-15)20-7-16(10-25)6-17(8-20)24(26)32/h4-9,11-12,14-15H,2-3,10,13H2,1H3,(H2,26,32). The molecule has 2 N–H and O–H groups in total. The van der Waals surface area contributed by atoms with Crippen molar-refractivity contribution < 1.29 is 9.18 Å². The number of rotatable bonds is 7. The zero-order valence-corrected chi connectivity index (χ0v) is 17.7. The number of amides is 1. The molecule has 4 aromatic rings. The van der Waals surface area contributed by atoms with Crippen molar-refractivity contribution in [2.45, 2.75) is 19.5 Å². The SMILES string of the molecule is Cn1cc(-c2cnc3ccc(N(CC4CC4)c4cc(CF)cc(C(N)=O)c4)cc3n2)cn1.